The van der Waals surface area contributed by atoms with Gasteiger partial charge in [0.05, 0.1) is 18.7 Å². The lowest BCUT2D eigenvalue weighted by Gasteiger charge is -2.25. The minimum atomic E-state index is -0.818. The molecule has 1 unspecified atom stereocenters. The highest BCUT2D eigenvalue weighted by Gasteiger charge is 2.22. The van der Waals surface area contributed by atoms with E-state index in [-0.39, 0.29) is 23.9 Å². The van der Waals surface area contributed by atoms with E-state index in [1.54, 1.807) is 12.1 Å². The molecule has 3 rings (SSSR count). The molecule has 1 N–H and O–H groups in total. The quantitative estimate of drug-likeness (QED) is 0.832. The molecular weight excluding hydrogens is 354 g/mol. The van der Waals surface area contributed by atoms with Crippen molar-refractivity contribution in [1.29, 1.82) is 0 Å². The summed E-state index contributed by atoms with van der Waals surface area (Å²) in [4.78, 5) is 15.0. The largest absolute Gasteiger partial charge is 0.480 e. The Morgan fingerprint density at radius 1 is 1.22 bits per heavy atom. The first-order chi connectivity index (χ1) is 12.9. The zero-order valence-electron chi connectivity index (χ0n) is 15.3. The van der Waals surface area contributed by atoms with Crippen LogP contribution in [-0.4, -0.2) is 53.6 Å². The molecule has 1 aliphatic heterocycles. The number of rotatable bonds is 6. The lowest BCUT2D eigenvalue weighted by Crippen LogP contribution is -2.36. The molecule has 146 valence electrons. The fourth-order valence-corrected chi connectivity index (χ4v) is 3.63. The van der Waals surface area contributed by atoms with E-state index in [9.17, 15) is 13.6 Å². The molecular formula is C20H24F2N2O3. The van der Waals surface area contributed by atoms with Gasteiger partial charge in [0.1, 0.15) is 23.2 Å². The molecule has 27 heavy (non-hydrogen) atoms. The van der Waals surface area contributed by atoms with Gasteiger partial charge in [0.2, 0.25) is 0 Å². The number of carbonyl (C=O) groups is 1. The Kier molecular flexibility index (Phi) is 6.23. The van der Waals surface area contributed by atoms with Crippen molar-refractivity contribution in [2.24, 2.45) is 0 Å². The summed E-state index contributed by atoms with van der Waals surface area (Å²) >= 11 is 0. The minimum absolute atomic E-state index is 0.0421. The molecule has 1 atom stereocenters. The van der Waals surface area contributed by atoms with Crippen LogP contribution in [0.4, 0.5) is 8.78 Å². The summed E-state index contributed by atoms with van der Waals surface area (Å²) in [6, 6.07) is 7.34. The van der Waals surface area contributed by atoms with Crippen molar-refractivity contribution in [2.75, 3.05) is 26.7 Å². The average molecular weight is 378 g/mol. The Bertz CT molecular complexity index is 773. The summed E-state index contributed by atoms with van der Waals surface area (Å²) in [6.45, 7) is 2.30. The van der Waals surface area contributed by atoms with Crippen LogP contribution in [0, 0.1) is 11.6 Å². The summed E-state index contributed by atoms with van der Waals surface area (Å²) in [7, 11) is 1.84. The summed E-state index contributed by atoms with van der Waals surface area (Å²) in [6.07, 6.45) is 2.79. The van der Waals surface area contributed by atoms with Crippen molar-refractivity contribution in [3.8, 4) is 11.3 Å². The number of halogens is 2. The summed E-state index contributed by atoms with van der Waals surface area (Å²) in [5, 5.41) is 8.95. The standard InChI is InChI=1S/C20H24F2N2O3/c1-23(13-19(25)26)14-4-3-10-24(11-9-14)12-15-7-8-18(27-15)20-16(21)5-2-6-17(20)22/h2,5-8,14H,3-4,9-13H2,1H3,(H,25,26). The van der Waals surface area contributed by atoms with Crippen molar-refractivity contribution in [3.05, 3.63) is 47.7 Å². The third kappa shape index (κ3) is 4.93. The fraction of sp³-hybridized carbons (Fsp3) is 0.450. The predicted molar refractivity (Wildman–Crippen MR) is 97.2 cm³/mol. The molecule has 0 aliphatic carbocycles. The van der Waals surface area contributed by atoms with E-state index in [4.69, 9.17) is 9.52 Å². The molecule has 0 bridgehead atoms. The van der Waals surface area contributed by atoms with E-state index in [1.807, 2.05) is 11.9 Å². The molecule has 2 aromatic rings. The maximum absolute atomic E-state index is 13.9. The van der Waals surface area contributed by atoms with Gasteiger partial charge in [0.25, 0.3) is 0 Å². The monoisotopic (exact) mass is 378 g/mol. The third-order valence-electron chi connectivity index (χ3n) is 5.05. The van der Waals surface area contributed by atoms with Crippen LogP contribution in [0.25, 0.3) is 11.3 Å². The highest BCUT2D eigenvalue weighted by Crippen LogP contribution is 2.28. The topological polar surface area (TPSA) is 56.9 Å². The third-order valence-corrected chi connectivity index (χ3v) is 5.05. The first kappa shape index (κ1) is 19.5. The molecule has 1 aliphatic rings. The second kappa shape index (κ2) is 8.63. The number of carboxylic acids is 1. The fourth-order valence-electron chi connectivity index (χ4n) is 3.63. The first-order valence-electron chi connectivity index (χ1n) is 9.11. The van der Waals surface area contributed by atoms with E-state index in [0.29, 0.717) is 12.3 Å². The molecule has 5 nitrogen and oxygen atoms in total. The number of carboxylic acid groups (broad SMARTS) is 1. The second-order valence-corrected chi connectivity index (χ2v) is 7.03. The van der Waals surface area contributed by atoms with Gasteiger partial charge in [-0.25, -0.2) is 8.78 Å². The SMILES string of the molecule is CN(CC(=O)O)C1CCCN(Cc2ccc(-c3c(F)cccc3F)o2)CC1. The van der Waals surface area contributed by atoms with Crippen LogP contribution in [0.3, 0.4) is 0 Å². The molecule has 1 saturated heterocycles. The lowest BCUT2D eigenvalue weighted by atomic mass is 10.1. The average Bonchev–Trinajstić information content (AvgIpc) is 2.91. The predicted octanol–water partition coefficient (Wildman–Crippen LogP) is 3.60. The van der Waals surface area contributed by atoms with Crippen LogP contribution in [0.15, 0.2) is 34.7 Å². The van der Waals surface area contributed by atoms with Crippen molar-refractivity contribution >= 4 is 5.97 Å². The molecule has 2 heterocycles. The van der Waals surface area contributed by atoms with Gasteiger partial charge in [-0.15, -0.1) is 0 Å². The summed E-state index contributed by atoms with van der Waals surface area (Å²) < 4.78 is 33.5. The molecule has 1 fully saturated rings. The van der Waals surface area contributed by atoms with Crippen LogP contribution in [0.5, 0.6) is 0 Å². The Balaban J connectivity index is 1.62. The summed E-state index contributed by atoms with van der Waals surface area (Å²) in [5.41, 5.74) is -0.144. The number of likely N-dealkylation sites (N-methyl/N-ethyl adjacent to an activating group) is 1. The zero-order valence-corrected chi connectivity index (χ0v) is 15.3. The smallest absolute Gasteiger partial charge is 0.317 e. The zero-order chi connectivity index (χ0) is 19.4. The van der Waals surface area contributed by atoms with E-state index in [2.05, 4.69) is 4.90 Å². The van der Waals surface area contributed by atoms with Gasteiger partial charge in [-0.3, -0.25) is 14.6 Å². The molecule has 0 spiro atoms. The number of furan rings is 1. The lowest BCUT2D eigenvalue weighted by molar-refractivity contribution is -0.138. The Labute approximate surface area is 157 Å². The number of aliphatic carboxylic acids is 1. The highest BCUT2D eigenvalue weighted by molar-refractivity contribution is 5.69. The van der Waals surface area contributed by atoms with Crippen molar-refractivity contribution < 1.29 is 23.1 Å². The Hall–Kier alpha value is -2.25. The van der Waals surface area contributed by atoms with Crippen LogP contribution in [-0.2, 0) is 11.3 Å². The van der Waals surface area contributed by atoms with Gasteiger partial charge in [0.15, 0.2) is 0 Å². The first-order valence-corrected chi connectivity index (χ1v) is 9.11. The van der Waals surface area contributed by atoms with Gasteiger partial charge in [-0.05, 0) is 57.1 Å². The van der Waals surface area contributed by atoms with E-state index in [1.165, 1.54) is 18.2 Å². The molecule has 1 aromatic heterocycles. The van der Waals surface area contributed by atoms with Gasteiger partial charge >= 0.3 is 5.97 Å². The van der Waals surface area contributed by atoms with Crippen molar-refractivity contribution in [1.82, 2.24) is 9.80 Å². The Morgan fingerprint density at radius 3 is 2.67 bits per heavy atom. The van der Waals surface area contributed by atoms with Crippen LogP contribution in [0.1, 0.15) is 25.0 Å². The van der Waals surface area contributed by atoms with E-state index in [0.717, 1.165) is 32.4 Å². The van der Waals surface area contributed by atoms with E-state index < -0.39 is 17.6 Å². The number of benzene rings is 1. The van der Waals surface area contributed by atoms with Crippen molar-refractivity contribution in [2.45, 2.75) is 31.8 Å². The summed E-state index contributed by atoms with van der Waals surface area (Å²) in [5.74, 6) is -1.26. The number of hydrogen-bond donors (Lipinski definition) is 1. The van der Waals surface area contributed by atoms with E-state index >= 15 is 0 Å². The maximum atomic E-state index is 13.9. The van der Waals surface area contributed by atoms with Gasteiger partial charge in [-0.2, -0.15) is 0 Å². The second-order valence-electron chi connectivity index (χ2n) is 7.03. The number of likely N-dealkylation sites (tertiary alicyclic amines) is 1. The van der Waals surface area contributed by atoms with Crippen LogP contribution in [0.2, 0.25) is 0 Å². The van der Waals surface area contributed by atoms with Crippen molar-refractivity contribution in [3.63, 3.8) is 0 Å². The maximum Gasteiger partial charge on any atom is 0.317 e. The van der Waals surface area contributed by atoms with Crippen LogP contribution < -0.4 is 0 Å². The Morgan fingerprint density at radius 2 is 1.96 bits per heavy atom. The molecule has 1 aromatic carbocycles. The van der Waals surface area contributed by atoms with Gasteiger partial charge in [0, 0.05) is 12.6 Å². The van der Waals surface area contributed by atoms with Gasteiger partial charge in [-0.1, -0.05) is 6.07 Å². The van der Waals surface area contributed by atoms with Crippen LogP contribution >= 0.6 is 0 Å². The molecule has 7 heteroatoms. The normalized spacial score (nSPS) is 18.6. The molecule has 0 radical (unpaired) electrons. The molecule has 0 amide bonds. The van der Waals surface area contributed by atoms with Gasteiger partial charge < -0.3 is 9.52 Å². The number of nitrogens with zero attached hydrogens (tertiary/aromatic N) is 2. The molecule has 0 saturated carbocycles. The highest BCUT2D eigenvalue weighted by atomic mass is 19.1. The number of hydrogen-bond acceptors (Lipinski definition) is 4. The minimum Gasteiger partial charge on any atom is -0.480 e.